The fourth-order valence-electron chi connectivity index (χ4n) is 2.13. The van der Waals surface area contributed by atoms with E-state index in [0.29, 0.717) is 5.92 Å². The molecule has 0 bridgehead atoms. The molecule has 1 N–H and O–H groups in total. The van der Waals surface area contributed by atoms with Crippen LogP contribution in [0.2, 0.25) is 0 Å². The van der Waals surface area contributed by atoms with Gasteiger partial charge in [0.1, 0.15) is 0 Å². The second-order valence-corrected chi connectivity index (χ2v) is 5.34. The summed E-state index contributed by atoms with van der Waals surface area (Å²) in [5.74, 6) is 0.309. The molecule has 1 unspecified atom stereocenters. The van der Waals surface area contributed by atoms with E-state index in [1.54, 1.807) is 0 Å². The summed E-state index contributed by atoms with van der Waals surface area (Å²) in [6.07, 6.45) is 0.672. The maximum absolute atomic E-state index is 10.1. The van der Waals surface area contributed by atoms with E-state index in [9.17, 15) is 5.11 Å². The lowest BCUT2D eigenvalue weighted by Crippen LogP contribution is -2.35. The maximum Gasteiger partial charge on any atom is 0.0617 e. The molecular weight excluding hydrogens is 184 g/mol. The molecule has 0 saturated carbocycles. The van der Waals surface area contributed by atoms with Gasteiger partial charge in [-0.3, -0.25) is 0 Å². The molecule has 0 radical (unpaired) electrons. The van der Waals surface area contributed by atoms with E-state index in [1.165, 1.54) is 5.56 Å². The Morgan fingerprint density at radius 1 is 1.13 bits per heavy atom. The third-order valence-corrected chi connectivity index (χ3v) is 2.93. The van der Waals surface area contributed by atoms with E-state index in [-0.39, 0.29) is 11.5 Å². The molecule has 0 aromatic heterocycles. The molecular formula is C14H22O. The third kappa shape index (κ3) is 3.35. The van der Waals surface area contributed by atoms with Gasteiger partial charge in [0.2, 0.25) is 0 Å². The zero-order chi connectivity index (χ0) is 11.5. The second-order valence-electron chi connectivity index (χ2n) is 5.34. The highest BCUT2D eigenvalue weighted by molar-refractivity contribution is 5.16. The zero-order valence-corrected chi connectivity index (χ0v) is 10.2. The van der Waals surface area contributed by atoms with Gasteiger partial charge in [-0.15, -0.1) is 0 Å². The first-order valence-corrected chi connectivity index (χ1v) is 5.65. The highest BCUT2D eigenvalue weighted by atomic mass is 16.3. The van der Waals surface area contributed by atoms with E-state index in [4.69, 9.17) is 0 Å². The average molecular weight is 206 g/mol. The standard InChI is InChI=1S/C14H22O/c1-11(2)13(15)14(3,4)10-12-8-6-5-7-9-12/h5-9,11,13,15H,10H2,1-4H3. The Bertz CT molecular complexity index is 287. The first kappa shape index (κ1) is 12.3. The Morgan fingerprint density at radius 2 is 1.67 bits per heavy atom. The minimum absolute atomic E-state index is 0.0600. The highest BCUT2D eigenvalue weighted by Gasteiger charge is 2.30. The maximum atomic E-state index is 10.1. The van der Waals surface area contributed by atoms with Crippen molar-refractivity contribution in [3.63, 3.8) is 0 Å². The van der Waals surface area contributed by atoms with Gasteiger partial charge in [0.25, 0.3) is 0 Å². The van der Waals surface area contributed by atoms with Crippen molar-refractivity contribution in [2.75, 3.05) is 0 Å². The molecule has 15 heavy (non-hydrogen) atoms. The van der Waals surface area contributed by atoms with Gasteiger partial charge in [-0.2, -0.15) is 0 Å². The quantitative estimate of drug-likeness (QED) is 0.801. The molecule has 1 atom stereocenters. The highest BCUT2D eigenvalue weighted by Crippen LogP contribution is 2.30. The van der Waals surface area contributed by atoms with Crippen LogP contribution in [0, 0.1) is 11.3 Å². The molecule has 84 valence electrons. The predicted octanol–water partition coefficient (Wildman–Crippen LogP) is 3.27. The molecule has 0 aliphatic heterocycles. The van der Waals surface area contributed by atoms with E-state index >= 15 is 0 Å². The summed E-state index contributed by atoms with van der Waals surface area (Å²) < 4.78 is 0. The van der Waals surface area contributed by atoms with Crippen molar-refractivity contribution in [1.29, 1.82) is 0 Å². The van der Waals surface area contributed by atoms with Crippen LogP contribution in [0.1, 0.15) is 33.3 Å². The van der Waals surface area contributed by atoms with Crippen molar-refractivity contribution in [2.45, 2.75) is 40.2 Å². The first-order chi connectivity index (χ1) is 6.93. The minimum atomic E-state index is -0.252. The SMILES string of the molecule is CC(C)C(O)C(C)(C)Cc1ccccc1. The summed E-state index contributed by atoms with van der Waals surface area (Å²) in [5, 5.41) is 10.1. The van der Waals surface area contributed by atoms with Crippen LogP contribution in [0.5, 0.6) is 0 Å². The molecule has 0 heterocycles. The van der Waals surface area contributed by atoms with Crippen LogP contribution in [0.3, 0.4) is 0 Å². The molecule has 1 nitrogen and oxygen atoms in total. The number of benzene rings is 1. The smallest absolute Gasteiger partial charge is 0.0617 e. The molecule has 1 aromatic carbocycles. The Kier molecular flexibility index (Phi) is 3.92. The van der Waals surface area contributed by atoms with Gasteiger partial charge < -0.3 is 5.11 Å². The predicted molar refractivity (Wildman–Crippen MR) is 64.8 cm³/mol. The molecule has 0 amide bonds. The van der Waals surface area contributed by atoms with Gasteiger partial charge in [-0.05, 0) is 23.3 Å². The Balaban J connectivity index is 2.72. The van der Waals surface area contributed by atoms with Crippen molar-refractivity contribution in [2.24, 2.45) is 11.3 Å². The van der Waals surface area contributed by atoms with E-state index < -0.39 is 0 Å². The Labute approximate surface area is 93.1 Å². The normalized spacial score (nSPS) is 14.3. The van der Waals surface area contributed by atoms with Crippen LogP contribution in [0.25, 0.3) is 0 Å². The van der Waals surface area contributed by atoms with Gasteiger partial charge in [-0.1, -0.05) is 58.0 Å². The van der Waals surface area contributed by atoms with E-state index in [2.05, 4.69) is 39.8 Å². The average Bonchev–Trinajstić information content (AvgIpc) is 2.17. The lowest BCUT2D eigenvalue weighted by atomic mass is 9.76. The number of aliphatic hydroxyl groups excluding tert-OH is 1. The molecule has 1 aromatic rings. The minimum Gasteiger partial charge on any atom is -0.392 e. The van der Waals surface area contributed by atoms with E-state index in [1.807, 2.05) is 18.2 Å². The summed E-state index contributed by atoms with van der Waals surface area (Å²) in [4.78, 5) is 0. The van der Waals surface area contributed by atoms with Crippen molar-refractivity contribution in [3.05, 3.63) is 35.9 Å². The van der Waals surface area contributed by atoms with Gasteiger partial charge >= 0.3 is 0 Å². The fourth-order valence-corrected chi connectivity index (χ4v) is 2.13. The van der Waals surface area contributed by atoms with Gasteiger partial charge in [0.05, 0.1) is 6.10 Å². The fraction of sp³-hybridized carbons (Fsp3) is 0.571. The molecule has 0 aliphatic carbocycles. The molecule has 0 fully saturated rings. The monoisotopic (exact) mass is 206 g/mol. The summed E-state index contributed by atoms with van der Waals surface area (Å²) in [6.45, 7) is 8.39. The first-order valence-electron chi connectivity index (χ1n) is 5.65. The third-order valence-electron chi connectivity index (χ3n) is 2.93. The molecule has 1 rings (SSSR count). The summed E-state index contributed by atoms with van der Waals surface area (Å²) in [6, 6.07) is 10.4. The van der Waals surface area contributed by atoms with Crippen LogP contribution in [0.4, 0.5) is 0 Å². The summed E-state index contributed by atoms with van der Waals surface area (Å²) in [7, 11) is 0. The Hall–Kier alpha value is -0.820. The molecule has 1 heteroatoms. The molecule has 0 aliphatic rings. The summed E-state index contributed by atoms with van der Waals surface area (Å²) >= 11 is 0. The lowest BCUT2D eigenvalue weighted by Gasteiger charge is -2.33. The number of rotatable bonds is 4. The number of aliphatic hydroxyl groups is 1. The van der Waals surface area contributed by atoms with Crippen molar-refractivity contribution < 1.29 is 5.11 Å². The van der Waals surface area contributed by atoms with Crippen molar-refractivity contribution in [1.82, 2.24) is 0 Å². The van der Waals surface area contributed by atoms with Gasteiger partial charge in [0.15, 0.2) is 0 Å². The van der Waals surface area contributed by atoms with Gasteiger partial charge in [0, 0.05) is 0 Å². The van der Waals surface area contributed by atoms with Crippen LogP contribution >= 0.6 is 0 Å². The van der Waals surface area contributed by atoms with Crippen molar-refractivity contribution >= 4 is 0 Å². The largest absolute Gasteiger partial charge is 0.392 e. The van der Waals surface area contributed by atoms with Crippen LogP contribution in [-0.2, 0) is 6.42 Å². The summed E-state index contributed by atoms with van der Waals surface area (Å²) in [5.41, 5.74) is 1.23. The van der Waals surface area contributed by atoms with Crippen molar-refractivity contribution in [3.8, 4) is 0 Å². The second kappa shape index (κ2) is 4.80. The van der Waals surface area contributed by atoms with E-state index in [0.717, 1.165) is 6.42 Å². The van der Waals surface area contributed by atoms with Crippen LogP contribution < -0.4 is 0 Å². The Morgan fingerprint density at radius 3 is 2.13 bits per heavy atom. The van der Waals surface area contributed by atoms with Crippen LogP contribution in [0.15, 0.2) is 30.3 Å². The molecule has 0 saturated heterocycles. The van der Waals surface area contributed by atoms with Crippen LogP contribution in [-0.4, -0.2) is 11.2 Å². The number of hydrogen-bond donors (Lipinski definition) is 1. The molecule has 0 spiro atoms. The topological polar surface area (TPSA) is 20.2 Å². The number of hydrogen-bond acceptors (Lipinski definition) is 1. The van der Waals surface area contributed by atoms with Gasteiger partial charge in [-0.25, -0.2) is 0 Å². The lowest BCUT2D eigenvalue weighted by molar-refractivity contribution is 0.0134. The zero-order valence-electron chi connectivity index (χ0n) is 10.2.